The average Bonchev–Trinajstić information content (AvgIpc) is 3.39. The van der Waals surface area contributed by atoms with E-state index in [-0.39, 0.29) is 24.3 Å². The normalized spacial score (nSPS) is 20.2. The number of nitrogens with two attached hydrogens (primary N) is 1. The molecule has 0 spiro atoms. The van der Waals surface area contributed by atoms with Crippen LogP contribution in [0.3, 0.4) is 0 Å². The summed E-state index contributed by atoms with van der Waals surface area (Å²) in [6, 6.07) is 5.62. The van der Waals surface area contributed by atoms with E-state index in [0.29, 0.717) is 35.5 Å². The lowest BCUT2D eigenvalue weighted by atomic mass is 9.92. The van der Waals surface area contributed by atoms with Crippen molar-refractivity contribution in [3.8, 4) is 5.75 Å². The van der Waals surface area contributed by atoms with Crippen LogP contribution >= 0.6 is 0 Å². The molecular formula is C24H28N6O4. The molecule has 2 aliphatic heterocycles. The fraction of sp³-hybridized carbons (Fsp3) is 0.417. The number of benzene rings is 1. The quantitative estimate of drug-likeness (QED) is 0.506. The molecule has 3 aromatic rings. The molecule has 1 atom stereocenters. The van der Waals surface area contributed by atoms with Crippen molar-refractivity contribution < 1.29 is 19.4 Å². The third kappa shape index (κ3) is 4.16. The molecule has 5 rings (SSSR count). The minimum Gasteiger partial charge on any atom is -0.484 e. The van der Waals surface area contributed by atoms with Crippen LogP contribution in [0.4, 0.5) is 11.4 Å². The van der Waals surface area contributed by atoms with Gasteiger partial charge in [0.2, 0.25) is 5.91 Å². The number of aromatic nitrogens is 3. The van der Waals surface area contributed by atoms with E-state index < -0.39 is 5.60 Å². The van der Waals surface area contributed by atoms with Crippen LogP contribution in [0.15, 0.2) is 36.8 Å². The minimum absolute atomic E-state index is 0.106. The zero-order valence-corrected chi connectivity index (χ0v) is 19.0. The Bertz CT molecular complexity index is 1250. The van der Waals surface area contributed by atoms with E-state index in [1.54, 1.807) is 23.0 Å². The van der Waals surface area contributed by atoms with Gasteiger partial charge in [-0.15, -0.1) is 0 Å². The number of primary amides is 1. The molecule has 1 aromatic carbocycles. The number of nitrogens with one attached hydrogen (secondary N) is 1. The van der Waals surface area contributed by atoms with Crippen LogP contribution in [-0.4, -0.2) is 56.8 Å². The molecule has 34 heavy (non-hydrogen) atoms. The van der Waals surface area contributed by atoms with Crippen LogP contribution < -0.4 is 20.7 Å². The van der Waals surface area contributed by atoms with Crippen molar-refractivity contribution in [2.75, 3.05) is 29.9 Å². The Hall–Kier alpha value is -3.66. The summed E-state index contributed by atoms with van der Waals surface area (Å²) in [4.78, 5) is 31.0. The topological polar surface area (TPSA) is 135 Å². The van der Waals surface area contributed by atoms with Gasteiger partial charge in [0.25, 0.3) is 5.91 Å². The zero-order valence-electron chi connectivity index (χ0n) is 19.0. The SMILES string of the molecule is C[C@@]1(CO)Cc2cc(NC(=O)c3cnn4cccnc34)c(N3CCC(CC(N)=O)CC3)cc2O1. The maximum Gasteiger partial charge on any atom is 0.261 e. The predicted molar refractivity (Wildman–Crippen MR) is 126 cm³/mol. The number of amides is 2. The number of rotatable bonds is 6. The van der Waals surface area contributed by atoms with E-state index in [1.807, 2.05) is 19.1 Å². The van der Waals surface area contributed by atoms with Gasteiger partial charge >= 0.3 is 0 Å². The standard InChI is InChI=1S/C24H28N6O4/c1-24(14-31)12-16-10-18(28-23(33)17-13-27-30-6-2-5-26-22(17)30)19(11-20(16)34-24)29-7-3-15(4-8-29)9-21(25)32/h2,5-6,10-11,13,15,31H,3-4,7-9,12,14H2,1H3,(H2,25,32)(H,28,33)/t24-/m0/s1. The van der Waals surface area contributed by atoms with E-state index in [2.05, 4.69) is 20.3 Å². The lowest BCUT2D eigenvalue weighted by Gasteiger charge is -2.34. The zero-order chi connectivity index (χ0) is 23.9. The molecule has 0 unspecified atom stereocenters. The Morgan fingerprint density at radius 3 is 2.85 bits per heavy atom. The van der Waals surface area contributed by atoms with Crippen LogP contribution in [0.5, 0.6) is 5.75 Å². The predicted octanol–water partition coefficient (Wildman–Crippen LogP) is 1.76. The maximum atomic E-state index is 13.2. The molecule has 1 fully saturated rings. The summed E-state index contributed by atoms with van der Waals surface area (Å²) in [7, 11) is 0. The number of aliphatic hydroxyl groups is 1. The first-order valence-corrected chi connectivity index (χ1v) is 11.4. The molecule has 0 radical (unpaired) electrons. The van der Waals surface area contributed by atoms with Crippen molar-refractivity contribution in [1.29, 1.82) is 0 Å². The molecule has 178 valence electrons. The van der Waals surface area contributed by atoms with Crippen LogP contribution in [0.1, 0.15) is 42.1 Å². The second kappa shape index (κ2) is 8.60. The highest BCUT2D eigenvalue weighted by molar-refractivity contribution is 6.09. The highest BCUT2D eigenvalue weighted by Gasteiger charge is 2.36. The van der Waals surface area contributed by atoms with Gasteiger partial charge < -0.3 is 25.8 Å². The Labute approximate surface area is 196 Å². The van der Waals surface area contributed by atoms with E-state index >= 15 is 0 Å². The minimum atomic E-state index is -0.691. The van der Waals surface area contributed by atoms with Crippen LogP contribution in [-0.2, 0) is 11.2 Å². The maximum absolute atomic E-state index is 13.2. The molecule has 10 nitrogen and oxygen atoms in total. The summed E-state index contributed by atoms with van der Waals surface area (Å²) in [5.41, 5.74) is 7.99. The third-order valence-electron chi connectivity index (χ3n) is 6.65. The molecule has 0 bridgehead atoms. The van der Waals surface area contributed by atoms with Gasteiger partial charge in [-0.2, -0.15) is 5.10 Å². The first-order valence-electron chi connectivity index (χ1n) is 11.4. The third-order valence-corrected chi connectivity index (χ3v) is 6.65. The Kier molecular flexibility index (Phi) is 5.60. The molecule has 4 heterocycles. The van der Waals surface area contributed by atoms with Crippen molar-refractivity contribution in [2.45, 2.75) is 38.2 Å². The molecule has 0 aliphatic carbocycles. The smallest absolute Gasteiger partial charge is 0.261 e. The second-order valence-electron chi connectivity index (χ2n) is 9.37. The monoisotopic (exact) mass is 464 g/mol. The summed E-state index contributed by atoms with van der Waals surface area (Å²) in [6.45, 7) is 3.22. The molecular weight excluding hydrogens is 436 g/mol. The number of hydrogen-bond donors (Lipinski definition) is 3. The van der Waals surface area contributed by atoms with Gasteiger partial charge in [-0.3, -0.25) is 9.59 Å². The largest absolute Gasteiger partial charge is 0.484 e. The van der Waals surface area contributed by atoms with Gasteiger partial charge in [-0.25, -0.2) is 9.50 Å². The fourth-order valence-corrected chi connectivity index (χ4v) is 4.84. The van der Waals surface area contributed by atoms with Gasteiger partial charge in [0, 0.05) is 50.0 Å². The molecule has 4 N–H and O–H groups in total. The number of nitrogens with zero attached hydrogens (tertiary/aromatic N) is 4. The number of carbonyl (C=O) groups excluding carboxylic acids is 2. The van der Waals surface area contributed by atoms with E-state index in [9.17, 15) is 14.7 Å². The van der Waals surface area contributed by atoms with Gasteiger partial charge in [0.05, 0.1) is 24.2 Å². The molecule has 10 heteroatoms. The Morgan fingerprint density at radius 2 is 2.12 bits per heavy atom. The van der Waals surface area contributed by atoms with Crippen molar-refractivity contribution in [1.82, 2.24) is 14.6 Å². The van der Waals surface area contributed by atoms with Crippen molar-refractivity contribution in [3.05, 3.63) is 47.9 Å². The average molecular weight is 465 g/mol. The fourth-order valence-electron chi connectivity index (χ4n) is 4.84. The Balaban J connectivity index is 1.45. The number of anilines is 2. The molecule has 1 saturated heterocycles. The second-order valence-corrected chi connectivity index (χ2v) is 9.37. The molecule has 2 amide bonds. The molecule has 2 aromatic heterocycles. The highest BCUT2D eigenvalue weighted by atomic mass is 16.5. The Morgan fingerprint density at radius 1 is 1.32 bits per heavy atom. The van der Waals surface area contributed by atoms with Crippen LogP contribution in [0, 0.1) is 5.92 Å². The van der Waals surface area contributed by atoms with Gasteiger partial charge in [0.15, 0.2) is 5.65 Å². The highest BCUT2D eigenvalue weighted by Crippen LogP contribution is 2.42. The number of carbonyl (C=O) groups is 2. The summed E-state index contributed by atoms with van der Waals surface area (Å²) in [5, 5.41) is 17.1. The number of piperidine rings is 1. The van der Waals surface area contributed by atoms with Crippen molar-refractivity contribution >= 4 is 28.8 Å². The number of fused-ring (bicyclic) bond motifs is 2. The molecule has 0 saturated carbocycles. The van der Waals surface area contributed by atoms with Crippen molar-refractivity contribution in [2.24, 2.45) is 11.7 Å². The number of ether oxygens (including phenoxy) is 1. The number of hydrogen-bond acceptors (Lipinski definition) is 7. The van der Waals surface area contributed by atoms with E-state index in [0.717, 1.165) is 37.2 Å². The summed E-state index contributed by atoms with van der Waals surface area (Å²) in [5.74, 6) is 0.395. The number of aliphatic hydroxyl groups excluding tert-OH is 1. The van der Waals surface area contributed by atoms with Gasteiger partial charge in [-0.1, -0.05) is 0 Å². The van der Waals surface area contributed by atoms with Crippen LogP contribution in [0.2, 0.25) is 0 Å². The van der Waals surface area contributed by atoms with Gasteiger partial charge in [0.1, 0.15) is 16.9 Å². The van der Waals surface area contributed by atoms with Crippen LogP contribution in [0.25, 0.3) is 5.65 Å². The van der Waals surface area contributed by atoms with E-state index in [1.165, 1.54) is 6.20 Å². The van der Waals surface area contributed by atoms with Crippen molar-refractivity contribution in [3.63, 3.8) is 0 Å². The summed E-state index contributed by atoms with van der Waals surface area (Å²) < 4.78 is 7.62. The first kappa shape index (κ1) is 22.1. The summed E-state index contributed by atoms with van der Waals surface area (Å²) in [6.07, 6.45) is 7.47. The van der Waals surface area contributed by atoms with Gasteiger partial charge in [-0.05, 0) is 37.8 Å². The lowest BCUT2D eigenvalue weighted by molar-refractivity contribution is -0.119. The first-order chi connectivity index (χ1) is 16.3. The van der Waals surface area contributed by atoms with E-state index in [4.69, 9.17) is 10.5 Å². The molecule has 2 aliphatic rings. The summed E-state index contributed by atoms with van der Waals surface area (Å²) >= 11 is 0. The lowest BCUT2D eigenvalue weighted by Crippen LogP contribution is -2.35.